The van der Waals surface area contributed by atoms with Gasteiger partial charge in [0.25, 0.3) is 16.0 Å². The molecule has 1 unspecified atom stereocenters. The molecular formula is C27H34F4N4O7S. The number of primary amides is 1. The number of nitrogens with two attached hydrogens (primary N) is 2. The highest BCUT2D eigenvalue weighted by Gasteiger charge is 2.43. The zero-order chi connectivity index (χ0) is 32.5. The third-order valence-corrected chi connectivity index (χ3v) is 6.98. The molecule has 43 heavy (non-hydrogen) atoms. The Bertz CT molecular complexity index is 1510. The van der Waals surface area contributed by atoms with Crippen LogP contribution in [0, 0.1) is 11.2 Å². The van der Waals surface area contributed by atoms with Crippen molar-refractivity contribution in [1.29, 1.82) is 0 Å². The van der Waals surface area contributed by atoms with Crippen LogP contribution in [0.4, 0.5) is 23.2 Å². The average molecular weight is 635 g/mol. The van der Waals surface area contributed by atoms with Gasteiger partial charge in [-0.15, -0.1) is 0 Å². The number of carbonyl (C=O) groups is 3. The van der Waals surface area contributed by atoms with Gasteiger partial charge in [-0.1, -0.05) is 20.3 Å². The molecule has 1 fully saturated rings. The number of hydrogen-bond donors (Lipinski definition) is 4. The van der Waals surface area contributed by atoms with Gasteiger partial charge in [0, 0.05) is 18.3 Å². The second-order valence-corrected chi connectivity index (χ2v) is 12.9. The van der Waals surface area contributed by atoms with Crippen molar-refractivity contribution in [2.75, 3.05) is 11.6 Å². The number of nitrogens with one attached hydrogen (secondary N) is 1. The smallest absolute Gasteiger partial charge is 0.418 e. The third kappa shape index (κ3) is 8.76. The fraction of sp³-hybridized carbons (Fsp3) is 0.519. The van der Waals surface area contributed by atoms with Crippen LogP contribution in [0.25, 0.3) is 5.69 Å². The molecule has 4 rings (SSSR count). The summed E-state index contributed by atoms with van der Waals surface area (Å²) in [4.78, 5) is 37.3. The van der Waals surface area contributed by atoms with Crippen molar-refractivity contribution in [3.8, 4) is 5.69 Å². The first-order valence-corrected chi connectivity index (χ1v) is 15.2. The SMILES string of the molecule is CC1(C)CC(=O)c2c(C(F)(F)F)cn(-c3cc(F)c(C(N)=O)c(NC(N)C(=O)OC4CCCCC4)c3)c2C1.CS(=O)(=O)O. The minimum absolute atomic E-state index is 0.0664. The minimum atomic E-state index is -4.83. The maximum Gasteiger partial charge on any atom is 0.418 e. The van der Waals surface area contributed by atoms with Gasteiger partial charge in [-0.2, -0.15) is 21.6 Å². The molecule has 16 heteroatoms. The number of benzene rings is 1. The molecule has 1 saturated carbocycles. The van der Waals surface area contributed by atoms with Crippen LogP contribution in [-0.4, -0.2) is 53.7 Å². The highest BCUT2D eigenvalue weighted by atomic mass is 32.2. The van der Waals surface area contributed by atoms with Crippen LogP contribution in [0.2, 0.25) is 0 Å². The Kier molecular flexibility index (Phi) is 9.98. The number of ketones is 1. The molecule has 2 aliphatic rings. The molecule has 238 valence electrons. The number of nitrogens with zero attached hydrogens (tertiary/aromatic N) is 1. The van der Waals surface area contributed by atoms with Gasteiger partial charge in [0.2, 0.25) is 0 Å². The number of halogens is 4. The lowest BCUT2D eigenvalue weighted by Gasteiger charge is -2.30. The monoisotopic (exact) mass is 634 g/mol. The number of esters is 1. The summed E-state index contributed by atoms with van der Waals surface area (Å²) in [6.07, 6.45) is -0.943. The van der Waals surface area contributed by atoms with Gasteiger partial charge >= 0.3 is 12.1 Å². The molecule has 1 atom stereocenters. The molecule has 0 spiro atoms. The molecule has 1 aromatic carbocycles. The maximum absolute atomic E-state index is 15.2. The molecule has 1 heterocycles. The lowest BCUT2D eigenvalue weighted by molar-refractivity contribution is -0.151. The Morgan fingerprint density at radius 2 is 1.74 bits per heavy atom. The van der Waals surface area contributed by atoms with E-state index in [1.165, 1.54) is 6.07 Å². The molecule has 0 aliphatic heterocycles. The van der Waals surface area contributed by atoms with E-state index in [1.807, 2.05) is 0 Å². The molecule has 0 bridgehead atoms. The maximum atomic E-state index is 15.2. The summed E-state index contributed by atoms with van der Waals surface area (Å²) in [5.74, 6) is -3.81. The number of ether oxygens (including phenoxy) is 1. The van der Waals surface area contributed by atoms with Crippen molar-refractivity contribution in [2.45, 2.75) is 77.2 Å². The van der Waals surface area contributed by atoms with Gasteiger partial charge in [-0.3, -0.25) is 14.1 Å². The number of anilines is 1. The fourth-order valence-corrected chi connectivity index (χ4v) is 5.26. The number of carbonyl (C=O) groups excluding carboxylic acids is 3. The number of hydrogen-bond acceptors (Lipinski definition) is 8. The van der Waals surface area contributed by atoms with E-state index in [0.29, 0.717) is 19.1 Å². The molecule has 1 amide bonds. The van der Waals surface area contributed by atoms with E-state index in [4.69, 9.17) is 20.8 Å². The van der Waals surface area contributed by atoms with Crippen LogP contribution in [-0.2, 0) is 32.2 Å². The molecular weight excluding hydrogens is 600 g/mol. The Balaban J connectivity index is 0.000000934. The van der Waals surface area contributed by atoms with Crippen LogP contribution in [0.1, 0.15) is 84.3 Å². The van der Waals surface area contributed by atoms with Crippen molar-refractivity contribution in [2.24, 2.45) is 16.9 Å². The van der Waals surface area contributed by atoms with Gasteiger partial charge in [0.05, 0.1) is 34.3 Å². The van der Waals surface area contributed by atoms with E-state index in [-0.39, 0.29) is 36.0 Å². The molecule has 11 nitrogen and oxygen atoms in total. The first kappa shape index (κ1) is 34.0. The number of aromatic nitrogens is 1. The van der Waals surface area contributed by atoms with Crippen molar-refractivity contribution in [3.05, 3.63) is 46.5 Å². The topological polar surface area (TPSA) is 184 Å². The predicted molar refractivity (Wildman–Crippen MR) is 148 cm³/mol. The quantitative estimate of drug-likeness (QED) is 0.158. The van der Waals surface area contributed by atoms with E-state index >= 15 is 4.39 Å². The summed E-state index contributed by atoms with van der Waals surface area (Å²) >= 11 is 0. The zero-order valence-electron chi connectivity index (χ0n) is 23.8. The number of alkyl halides is 3. The summed E-state index contributed by atoms with van der Waals surface area (Å²) in [6.45, 7) is 3.50. The van der Waals surface area contributed by atoms with Gasteiger partial charge < -0.3 is 26.1 Å². The highest BCUT2D eigenvalue weighted by Crippen LogP contribution is 2.43. The number of rotatable bonds is 6. The summed E-state index contributed by atoms with van der Waals surface area (Å²) in [6, 6.07) is 2.02. The van der Waals surface area contributed by atoms with E-state index in [2.05, 4.69) is 5.32 Å². The van der Waals surface area contributed by atoms with Crippen molar-refractivity contribution in [3.63, 3.8) is 0 Å². The van der Waals surface area contributed by atoms with Gasteiger partial charge in [0.1, 0.15) is 11.9 Å². The van der Waals surface area contributed by atoms with E-state index < -0.39 is 68.0 Å². The molecule has 0 radical (unpaired) electrons. The summed E-state index contributed by atoms with van der Waals surface area (Å²) < 4.78 is 89.2. The fourth-order valence-electron chi connectivity index (χ4n) is 5.26. The number of fused-ring (bicyclic) bond motifs is 1. The van der Waals surface area contributed by atoms with Gasteiger partial charge in [0.15, 0.2) is 11.9 Å². The lowest BCUT2D eigenvalue weighted by Crippen LogP contribution is -2.42. The van der Waals surface area contributed by atoms with E-state index in [0.717, 1.165) is 36.1 Å². The minimum Gasteiger partial charge on any atom is -0.460 e. The van der Waals surface area contributed by atoms with Crippen LogP contribution < -0.4 is 16.8 Å². The number of amides is 1. The van der Waals surface area contributed by atoms with E-state index in [9.17, 15) is 36.0 Å². The van der Waals surface area contributed by atoms with E-state index in [1.54, 1.807) is 13.8 Å². The summed E-state index contributed by atoms with van der Waals surface area (Å²) in [5, 5.41) is 2.53. The normalized spacial score (nSPS) is 17.7. The number of Topliss-reactive ketones (excluding diaryl/α,β-unsaturated/α-hetero) is 1. The largest absolute Gasteiger partial charge is 0.460 e. The van der Waals surface area contributed by atoms with Gasteiger partial charge in [-0.05, 0) is 49.7 Å². The Morgan fingerprint density at radius 3 is 2.28 bits per heavy atom. The molecule has 2 aromatic rings. The van der Waals surface area contributed by atoms with Gasteiger partial charge in [-0.25, -0.2) is 9.18 Å². The Labute approximate surface area is 245 Å². The van der Waals surface area contributed by atoms with Crippen molar-refractivity contribution >= 4 is 33.5 Å². The Hall–Kier alpha value is -3.50. The highest BCUT2D eigenvalue weighted by molar-refractivity contribution is 7.85. The molecule has 1 aromatic heterocycles. The molecule has 0 saturated heterocycles. The first-order chi connectivity index (χ1) is 19.7. The van der Waals surface area contributed by atoms with Crippen molar-refractivity contribution in [1.82, 2.24) is 4.57 Å². The first-order valence-electron chi connectivity index (χ1n) is 13.3. The molecule has 6 N–H and O–H groups in total. The van der Waals surface area contributed by atoms with Crippen LogP contribution >= 0.6 is 0 Å². The van der Waals surface area contributed by atoms with Crippen LogP contribution in [0.15, 0.2) is 18.3 Å². The third-order valence-electron chi connectivity index (χ3n) is 6.98. The van der Waals surface area contributed by atoms with Crippen LogP contribution in [0.3, 0.4) is 0 Å². The summed E-state index contributed by atoms with van der Waals surface area (Å²) in [7, 11) is -3.67. The summed E-state index contributed by atoms with van der Waals surface area (Å²) in [5.41, 5.74) is 8.11. The lowest BCUT2D eigenvalue weighted by atomic mass is 9.75. The second kappa shape index (κ2) is 12.6. The zero-order valence-corrected chi connectivity index (χ0v) is 24.6. The van der Waals surface area contributed by atoms with Crippen molar-refractivity contribution < 1.29 is 49.7 Å². The molecule has 2 aliphatic carbocycles. The van der Waals surface area contributed by atoms with Crippen LogP contribution in [0.5, 0.6) is 0 Å². The predicted octanol–water partition coefficient (Wildman–Crippen LogP) is 3.97. The Morgan fingerprint density at radius 1 is 1.16 bits per heavy atom. The standard InChI is InChI=1S/C26H30F4N4O4.CH4O3S/c1-25(2)10-18-20(19(35)11-25)15(26(28,29)30)12-34(18)13-8-16(27)21(23(32)36)17(9-13)33-22(31)24(37)38-14-6-4-3-5-7-14;1-5(2,3)4/h8-9,12,14,22,33H,3-7,10-11,31H2,1-2H3,(H2,32,36);1H3,(H,2,3,4). The average Bonchev–Trinajstić information content (AvgIpc) is 3.22. The second-order valence-electron chi connectivity index (χ2n) is 11.4.